The van der Waals surface area contributed by atoms with Crippen LogP contribution < -0.4 is 10.6 Å². The Hall–Kier alpha value is -2.41. The third-order valence-electron chi connectivity index (χ3n) is 3.56. The van der Waals surface area contributed by atoms with Gasteiger partial charge in [0.2, 0.25) is 0 Å². The number of aromatic nitrogens is 3. The summed E-state index contributed by atoms with van der Waals surface area (Å²) in [7, 11) is 0. The molecule has 0 aliphatic rings. The lowest BCUT2D eigenvalue weighted by Gasteiger charge is -2.16. The highest BCUT2D eigenvalue weighted by Crippen LogP contribution is 2.11. The van der Waals surface area contributed by atoms with Crippen LogP contribution in [0.25, 0.3) is 5.69 Å². The van der Waals surface area contributed by atoms with E-state index in [1.54, 1.807) is 10.9 Å². The summed E-state index contributed by atoms with van der Waals surface area (Å²) in [4.78, 5) is 11.9. The van der Waals surface area contributed by atoms with Gasteiger partial charge in [0, 0.05) is 6.54 Å². The minimum atomic E-state index is -0.537. The predicted octanol–water partition coefficient (Wildman–Crippen LogP) is 2.03. The number of urea groups is 1. The maximum absolute atomic E-state index is 11.9. The highest BCUT2D eigenvalue weighted by atomic mass is 16.3. The van der Waals surface area contributed by atoms with Crippen molar-refractivity contribution in [3.05, 3.63) is 42.2 Å². The molecule has 1 aromatic heterocycles. The van der Waals surface area contributed by atoms with Crippen LogP contribution in [-0.4, -0.2) is 38.8 Å². The van der Waals surface area contributed by atoms with E-state index in [0.717, 1.165) is 5.69 Å². The monoisotopic (exact) mass is 331 g/mol. The highest BCUT2D eigenvalue weighted by Gasteiger charge is 2.15. The summed E-state index contributed by atoms with van der Waals surface area (Å²) < 4.78 is 1.66. The second-order valence-electron chi connectivity index (χ2n) is 6.28. The second-order valence-corrected chi connectivity index (χ2v) is 6.28. The number of rotatable bonds is 7. The molecule has 2 atom stereocenters. The molecule has 24 heavy (non-hydrogen) atoms. The van der Waals surface area contributed by atoms with E-state index in [9.17, 15) is 9.90 Å². The molecule has 2 unspecified atom stereocenters. The summed E-state index contributed by atoms with van der Waals surface area (Å²) >= 11 is 0. The fraction of sp³-hybridized carbons (Fsp3) is 0.471. The molecule has 7 heteroatoms. The van der Waals surface area contributed by atoms with Crippen LogP contribution in [0.1, 0.15) is 38.9 Å². The van der Waals surface area contributed by atoms with E-state index in [1.807, 2.05) is 51.1 Å². The van der Waals surface area contributed by atoms with Gasteiger partial charge in [-0.2, -0.15) is 0 Å². The Morgan fingerprint density at radius 3 is 2.62 bits per heavy atom. The van der Waals surface area contributed by atoms with Crippen molar-refractivity contribution in [2.75, 3.05) is 6.54 Å². The molecule has 0 aliphatic heterocycles. The van der Waals surface area contributed by atoms with E-state index in [0.29, 0.717) is 18.0 Å². The van der Waals surface area contributed by atoms with Gasteiger partial charge >= 0.3 is 6.03 Å². The van der Waals surface area contributed by atoms with Crippen molar-refractivity contribution in [3.8, 4) is 5.69 Å². The molecule has 2 aromatic rings. The molecule has 0 radical (unpaired) electrons. The number of benzene rings is 1. The molecular weight excluding hydrogens is 306 g/mol. The maximum atomic E-state index is 11.9. The number of aliphatic hydroxyl groups is 1. The van der Waals surface area contributed by atoms with Gasteiger partial charge in [-0.05, 0) is 31.4 Å². The van der Waals surface area contributed by atoms with Crippen LogP contribution in [0, 0.1) is 5.92 Å². The van der Waals surface area contributed by atoms with E-state index >= 15 is 0 Å². The Balaban J connectivity index is 1.85. The fourth-order valence-corrected chi connectivity index (χ4v) is 2.34. The summed E-state index contributed by atoms with van der Waals surface area (Å²) in [5.41, 5.74) is 1.57. The zero-order chi connectivity index (χ0) is 17.5. The highest BCUT2D eigenvalue weighted by molar-refractivity contribution is 5.74. The molecule has 1 aromatic carbocycles. The molecule has 2 rings (SSSR count). The first-order chi connectivity index (χ1) is 11.5. The molecule has 0 saturated heterocycles. The molecule has 0 aliphatic carbocycles. The van der Waals surface area contributed by atoms with Gasteiger partial charge in [-0.1, -0.05) is 37.3 Å². The van der Waals surface area contributed by atoms with Crippen molar-refractivity contribution in [2.45, 2.75) is 39.3 Å². The van der Waals surface area contributed by atoms with Gasteiger partial charge in [-0.15, -0.1) is 5.10 Å². The average molecular weight is 331 g/mol. The zero-order valence-corrected chi connectivity index (χ0v) is 14.3. The van der Waals surface area contributed by atoms with Crippen molar-refractivity contribution in [1.82, 2.24) is 25.6 Å². The summed E-state index contributed by atoms with van der Waals surface area (Å²) in [6.07, 6.45) is 1.90. The molecule has 0 spiro atoms. The van der Waals surface area contributed by atoms with Gasteiger partial charge in [-0.3, -0.25) is 0 Å². The Morgan fingerprint density at radius 1 is 1.25 bits per heavy atom. The lowest BCUT2D eigenvalue weighted by Crippen LogP contribution is -2.41. The summed E-state index contributed by atoms with van der Waals surface area (Å²) in [5, 5.41) is 23.4. The summed E-state index contributed by atoms with van der Waals surface area (Å²) in [6.45, 7) is 6.12. The Kier molecular flexibility index (Phi) is 6.31. The lowest BCUT2D eigenvalue weighted by molar-refractivity contribution is 0.146. The van der Waals surface area contributed by atoms with Gasteiger partial charge in [-0.25, -0.2) is 9.48 Å². The van der Waals surface area contributed by atoms with Gasteiger partial charge in [0.15, 0.2) is 0 Å². The predicted molar refractivity (Wildman–Crippen MR) is 91.8 cm³/mol. The number of hydrogen-bond donors (Lipinski definition) is 3. The summed E-state index contributed by atoms with van der Waals surface area (Å²) in [6, 6.07) is 9.02. The number of nitrogens with one attached hydrogen (secondary N) is 2. The van der Waals surface area contributed by atoms with E-state index in [1.165, 1.54) is 0 Å². The van der Waals surface area contributed by atoms with Crippen LogP contribution in [-0.2, 0) is 0 Å². The molecule has 130 valence electrons. The lowest BCUT2D eigenvalue weighted by atomic mass is 10.1. The number of carbonyl (C=O) groups excluding carboxylic acids is 1. The Bertz CT molecular complexity index is 641. The van der Waals surface area contributed by atoms with Crippen LogP contribution in [0.15, 0.2) is 36.5 Å². The number of carbonyl (C=O) groups is 1. The minimum Gasteiger partial charge on any atom is -0.391 e. The van der Waals surface area contributed by atoms with Crippen LogP contribution in [0.3, 0.4) is 0 Å². The van der Waals surface area contributed by atoms with Gasteiger partial charge in [0.25, 0.3) is 0 Å². The Labute approximate surface area is 142 Å². The number of aliphatic hydroxyl groups excluding tert-OH is 1. The molecular formula is C17H25N5O2. The van der Waals surface area contributed by atoms with Crippen LogP contribution in [0.2, 0.25) is 0 Å². The van der Waals surface area contributed by atoms with Crippen molar-refractivity contribution in [3.63, 3.8) is 0 Å². The maximum Gasteiger partial charge on any atom is 0.315 e. The van der Waals surface area contributed by atoms with Gasteiger partial charge in [0.05, 0.1) is 24.0 Å². The Morgan fingerprint density at radius 2 is 1.96 bits per heavy atom. The van der Waals surface area contributed by atoms with Crippen LogP contribution >= 0.6 is 0 Å². The number of hydrogen-bond acceptors (Lipinski definition) is 4. The average Bonchev–Trinajstić information content (AvgIpc) is 3.03. The molecule has 0 saturated carbocycles. The first-order valence-electron chi connectivity index (χ1n) is 8.15. The van der Waals surface area contributed by atoms with Crippen LogP contribution in [0.4, 0.5) is 4.79 Å². The van der Waals surface area contributed by atoms with Crippen molar-refractivity contribution >= 4 is 6.03 Å². The topological polar surface area (TPSA) is 92.1 Å². The van der Waals surface area contributed by atoms with Crippen molar-refractivity contribution in [1.29, 1.82) is 0 Å². The molecule has 3 N–H and O–H groups in total. The summed E-state index contributed by atoms with van der Waals surface area (Å²) in [5.74, 6) is 0.386. The fourth-order valence-electron chi connectivity index (χ4n) is 2.34. The largest absolute Gasteiger partial charge is 0.391 e. The van der Waals surface area contributed by atoms with Gasteiger partial charge < -0.3 is 15.7 Å². The SMILES string of the molecule is CC(C)CC(O)CNC(=O)NC(C)c1cn(-c2ccccc2)nn1. The van der Waals surface area contributed by atoms with Crippen molar-refractivity contribution < 1.29 is 9.90 Å². The quantitative estimate of drug-likeness (QED) is 0.724. The molecule has 0 bridgehead atoms. The van der Waals surface area contributed by atoms with E-state index in [4.69, 9.17) is 0 Å². The second kappa shape index (κ2) is 8.44. The molecule has 0 fully saturated rings. The normalized spacial score (nSPS) is 13.5. The third-order valence-corrected chi connectivity index (χ3v) is 3.56. The molecule has 7 nitrogen and oxygen atoms in total. The minimum absolute atomic E-state index is 0.230. The molecule has 1 heterocycles. The third kappa shape index (κ3) is 5.34. The van der Waals surface area contributed by atoms with Gasteiger partial charge in [0.1, 0.15) is 5.69 Å². The van der Waals surface area contributed by atoms with E-state index < -0.39 is 6.10 Å². The first-order valence-corrected chi connectivity index (χ1v) is 8.15. The molecule has 2 amide bonds. The van der Waals surface area contributed by atoms with Crippen molar-refractivity contribution in [2.24, 2.45) is 5.92 Å². The zero-order valence-electron chi connectivity index (χ0n) is 14.3. The van der Waals surface area contributed by atoms with Crippen LogP contribution in [0.5, 0.6) is 0 Å². The number of para-hydroxylation sites is 1. The first kappa shape index (κ1) is 17.9. The van der Waals surface area contributed by atoms with E-state index in [2.05, 4.69) is 20.9 Å². The standard InChI is InChI=1S/C17H25N5O2/c1-12(2)9-15(23)10-18-17(24)19-13(3)16-11-22(21-20-16)14-7-5-4-6-8-14/h4-8,11-13,15,23H,9-10H2,1-3H3,(H2,18,19,24). The smallest absolute Gasteiger partial charge is 0.315 e. The number of amides is 2. The number of nitrogens with zero attached hydrogens (tertiary/aromatic N) is 3. The van der Waals surface area contributed by atoms with E-state index in [-0.39, 0.29) is 18.6 Å².